The maximum absolute atomic E-state index is 8.70. The van der Waals surface area contributed by atoms with Gasteiger partial charge in [0.15, 0.2) is 0 Å². The number of aromatic nitrogens is 1. The summed E-state index contributed by atoms with van der Waals surface area (Å²) in [6.45, 7) is 0. The Kier molecular flexibility index (Phi) is 2.66. The predicted molar refractivity (Wildman–Crippen MR) is 43.8 cm³/mol. The summed E-state index contributed by atoms with van der Waals surface area (Å²) in [5.41, 5.74) is 0.276. The Bertz CT molecular complexity index is 337. The molecule has 0 fully saturated rings. The number of rotatable bonds is 1. The van der Waals surface area contributed by atoms with Crippen LogP contribution in [0.3, 0.4) is 0 Å². The lowest BCUT2D eigenvalue weighted by Gasteiger charge is -1.98. The molecule has 0 saturated heterocycles. The van der Waals surface area contributed by atoms with Crippen LogP contribution in [0.2, 0.25) is 5.15 Å². The molecule has 0 atom stereocenters. The van der Waals surface area contributed by atoms with E-state index >= 15 is 0 Å². The van der Waals surface area contributed by atoms with Crippen molar-refractivity contribution in [3.05, 3.63) is 23.0 Å². The van der Waals surface area contributed by atoms with Gasteiger partial charge in [0.2, 0.25) is 0 Å². The number of nitriles is 1. The zero-order valence-electron chi connectivity index (χ0n) is 5.90. The largest absolute Gasteiger partial charge is 0.490 e. The van der Waals surface area contributed by atoms with Crippen molar-refractivity contribution in [1.29, 1.82) is 5.26 Å². The fourth-order valence-corrected chi connectivity index (χ4v) is 0.829. The smallest absolute Gasteiger partial charge is 0.423 e. The van der Waals surface area contributed by atoms with Crippen molar-refractivity contribution < 1.29 is 10.0 Å². The van der Waals surface area contributed by atoms with Crippen molar-refractivity contribution >= 4 is 24.2 Å². The predicted octanol–water partition coefficient (Wildman–Crippen LogP) is -0.714. The van der Waals surface area contributed by atoms with E-state index in [0.29, 0.717) is 0 Å². The van der Waals surface area contributed by atoms with Crippen molar-refractivity contribution in [2.24, 2.45) is 0 Å². The van der Waals surface area contributed by atoms with Crippen LogP contribution in [0.4, 0.5) is 0 Å². The Balaban J connectivity index is 3.16. The van der Waals surface area contributed by atoms with Gasteiger partial charge in [-0.25, -0.2) is 4.98 Å². The van der Waals surface area contributed by atoms with Crippen LogP contribution in [0, 0.1) is 11.3 Å². The molecule has 0 bridgehead atoms. The molecular formula is C6H4BClN2O2. The second-order valence-electron chi connectivity index (χ2n) is 2.09. The van der Waals surface area contributed by atoms with Gasteiger partial charge in [-0.05, 0) is 6.07 Å². The van der Waals surface area contributed by atoms with E-state index < -0.39 is 7.12 Å². The van der Waals surface area contributed by atoms with Gasteiger partial charge in [-0.1, -0.05) is 11.6 Å². The van der Waals surface area contributed by atoms with Crippen LogP contribution in [-0.2, 0) is 0 Å². The van der Waals surface area contributed by atoms with E-state index in [2.05, 4.69) is 4.98 Å². The summed E-state index contributed by atoms with van der Waals surface area (Å²) in [5, 5.41) is 25.9. The van der Waals surface area contributed by atoms with Crippen LogP contribution < -0.4 is 5.46 Å². The van der Waals surface area contributed by atoms with Gasteiger partial charge in [0.25, 0.3) is 0 Å². The molecule has 1 heterocycles. The third-order valence-corrected chi connectivity index (χ3v) is 1.58. The molecule has 4 nitrogen and oxygen atoms in total. The monoisotopic (exact) mass is 182 g/mol. The highest BCUT2D eigenvalue weighted by Crippen LogP contribution is 2.08. The fourth-order valence-electron chi connectivity index (χ4n) is 0.684. The summed E-state index contributed by atoms with van der Waals surface area (Å²) in [6, 6.07) is 3.05. The number of hydrogen-bond donors (Lipinski definition) is 2. The molecule has 1 aromatic heterocycles. The molecule has 0 aromatic carbocycles. The number of hydrogen-bond acceptors (Lipinski definition) is 4. The first-order chi connectivity index (χ1) is 5.65. The minimum absolute atomic E-state index is 0.0573. The molecular weight excluding hydrogens is 178 g/mol. The molecule has 0 spiro atoms. The Morgan fingerprint density at radius 3 is 2.75 bits per heavy atom. The van der Waals surface area contributed by atoms with Gasteiger partial charge in [-0.3, -0.25) is 0 Å². The topological polar surface area (TPSA) is 77.1 Å². The van der Waals surface area contributed by atoms with Crippen LogP contribution >= 0.6 is 11.6 Å². The number of pyridine rings is 1. The normalized spacial score (nSPS) is 9.17. The lowest BCUT2D eigenvalue weighted by atomic mass is 9.81. The van der Waals surface area contributed by atoms with Gasteiger partial charge < -0.3 is 10.0 Å². The molecule has 1 rings (SSSR count). The van der Waals surface area contributed by atoms with Crippen LogP contribution in [0.25, 0.3) is 0 Å². The maximum atomic E-state index is 8.70. The second-order valence-corrected chi connectivity index (χ2v) is 2.45. The van der Waals surface area contributed by atoms with Gasteiger partial charge in [0, 0.05) is 11.7 Å². The average molecular weight is 182 g/mol. The minimum Gasteiger partial charge on any atom is -0.423 e. The van der Waals surface area contributed by atoms with Crippen molar-refractivity contribution in [2.75, 3.05) is 0 Å². The number of nitrogens with zero attached hydrogens (tertiary/aromatic N) is 2. The van der Waals surface area contributed by atoms with Gasteiger partial charge in [-0.2, -0.15) is 5.26 Å². The highest BCUT2D eigenvalue weighted by atomic mass is 35.5. The zero-order valence-corrected chi connectivity index (χ0v) is 6.65. The van der Waals surface area contributed by atoms with E-state index in [4.69, 9.17) is 26.9 Å². The van der Waals surface area contributed by atoms with E-state index in [9.17, 15) is 0 Å². The van der Waals surface area contributed by atoms with Crippen LogP contribution in [0.5, 0.6) is 0 Å². The summed E-state index contributed by atoms with van der Waals surface area (Å²) < 4.78 is 0. The average Bonchev–Trinajstić information content (AvgIpc) is 2.05. The summed E-state index contributed by atoms with van der Waals surface area (Å²) in [7, 11) is -1.62. The third-order valence-electron chi connectivity index (χ3n) is 1.28. The van der Waals surface area contributed by atoms with E-state index in [1.165, 1.54) is 12.3 Å². The first-order valence-electron chi connectivity index (χ1n) is 3.07. The standard InChI is InChI=1S/C6H4BClN2O2/c8-6-4(2-9)1-5(3-10-6)7(11)12/h1,3,11-12H. The van der Waals surface area contributed by atoms with E-state index in [1.807, 2.05) is 0 Å². The molecule has 0 amide bonds. The highest BCUT2D eigenvalue weighted by molar-refractivity contribution is 6.58. The van der Waals surface area contributed by atoms with E-state index in [0.717, 1.165) is 0 Å². The molecule has 0 saturated carbocycles. The minimum atomic E-state index is -1.62. The molecule has 2 N–H and O–H groups in total. The van der Waals surface area contributed by atoms with E-state index in [-0.39, 0.29) is 16.2 Å². The fraction of sp³-hybridized carbons (Fsp3) is 0. The summed E-state index contributed by atoms with van der Waals surface area (Å²) in [5.74, 6) is 0. The quantitative estimate of drug-likeness (QED) is 0.444. The Morgan fingerprint density at radius 2 is 2.25 bits per heavy atom. The van der Waals surface area contributed by atoms with Gasteiger partial charge in [0.1, 0.15) is 11.2 Å². The molecule has 12 heavy (non-hydrogen) atoms. The van der Waals surface area contributed by atoms with Crippen molar-refractivity contribution in [3.63, 3.8) is 0 Å². The first-order valence-corrected chi connectivity index (χ1v) is 3.44. The van der Waals surface area contributed by atoms with Crippen molar-refractivity contribution in [1.82, 2.24) is 4.98 Å². The Labute approximate surface area is 74.2 Å². The Hall–Kier alpha value is -1.09. The lowest BCUT2D eigenvalue weighted by Crippen LogP contribution is -2.30. The van der Waals surface area contributed by atoms with Crippen LogP contribution in [0.15, 0.2) is 12.3 Å². The van der Waals surface area contributed by atoms with Gasteiger partial charge >= 0.3 is 7.12 Å². The molecule has 0 aliphatic heterocycles. The van der Waals surface area contributed by atoms with Gasteiger partial charge in [0.05, 0.1) is 5.56 Å². The van der Waals surface area contributed by atoms with Crippen molar-refractivity contribution in [2.45, 2.75) is 0 Å². The van der Waals surface area contributed by atoms with Crippen LogP contribution in [-0.4, -0.2) is 22.2 Å². The summed E-state index contributed by atoms with van der Waals surface area (Å²) in [4.78, 5) is 3.59. The maximum Gasteiger partial charge on any atom is 0.490 e. The summed E-state index contributed by atoms with van der Waals surface area (Å²) in [6.07, 6.45) is 1.20. The Morgan fingerprint density at radius 1 is 1.58 bits per heavy atom. The van der Waals surface area contributed by atoms with Crippen LogP contribution in [0.1, 0.15) is 5.56 Å². The highest BCUT2D eigenvalue weighted by Gasteiger charge is 2.13. The molecule has 6 heteroatoms. The molecule has 0 unspecified atom stereocenters. The summed E-state index contributed by atoms with van der Waals surface area (Å²) >= 11 is 5.50. The molecule has 0 aliphatic rings. The lowest BCUT2D eigenvalue weighted by molar-refractivity contribution is 0.425. The third kappa shape index (κ3) is 1.74. The molecule has 0 radical (unpaired) electrons. The first kappa shape index (κ1) is 9.01. The zero-order chi connectivity index (χ0) is 9.14. The molecule has 60 valence electrons. The van der Waals surface area contributed by atoms with Crippen molar-refractivity contribution in [3.8, 4) is 6.07 Å². The molecule has 0 aliphatic carbocycles. The molecule has 1 aromatic rings. The number of halogens is 1. The second kappa shape index (κ2) is 3.54. The van der Waals surface area contributed by atoms with Gasteiger partial charge in [-0.15, -0.1) is 0 Å². The van der Waals surface area contributed by atoms with E-state index in [1.54, 1.807) is 6.07 Å². The SMILES string of the molecule is N#Cc1cc(B(O)O)cnc1Cl.